The topological polar surface area (TPSA) is 149 Å². The third-order valence-corrected chi connectivity index (χ3v) is 15.1. The Hall–Kier alpha value is -2.37. The third kappa shape index (κ3) is 44.5. The molecule has 0 radical (unpaired) electrons. The van der Waals surface area contributed by atoms with Gasteiger partial charge in [-0.2, -0.15) is 0 Å². The van der Waals surface area contributed by atoms with Crippen molar-refractivity contribution in [2.75, 3.05) is 13.2 Å². The minimum atomic E-state index is -1.56. The molecule has 0 spiro atoms. The Morgan fingerprint density at radius 2 is 0.816 bits per heavy atom. The van der Waals surface area contributed by atoms with Gasteiger partial charge < -0.3 is 40.3 Å². The largest absolute Gasteiger partial charge is 0.394 e. The molecular formula is C67H121NO8. The van der Waals surface area contributed by atoms with Gasteiger partial charge in [-0.25, -0.2) is 0 Å². The van der Waals surface area contributed by atoms with Crippen molar-refractivity contribution in [3.05, 3.63) is 72.9 Å². The highest BCUT2D eigenvalue weighted by Gasteiger charge is 2.44. The molecule has 0 aromatic heterocycles. The lowest BCUT2D eigenvalue weighted by Gasteiger charge is -2.40. The number of aliphatic hydroxyl groups excluding tert-OH is 5. The maximum absolute atomic E-state index is 13.1. The monoisotopic (exact) mass is 1070 g/mol. The van der Waals surface area contributed by atoms with E-state index in [2.05, 4.69) is 92.1 Å². The first kappa shape index (κ1) is 71.6. The fraction of sp³-hybridized carbons (Fsp3) is 0.806. The van der Waals surface area contributed by atoms with Gasteiger partial charge in [0.2, 0.25) is 5.91 Å². The fourth-order valence-corrected chi connectivity index (χ4v) is 10.1. The van der Waals surface area contributed by atoms with E-state index >= 15 is 0 Å². The van der Waals surface area contributed by atoms with Crippen LogP contribution in [0.4, 0.5) is 0 Å². The summed E-state index contributed by atoms with van der Waals surface area (Å²) < 4.78 is 11.3. The van der Waals surface area contributed by atoms with Gasteiger partial charge in [-0.15, -0.1) is 0 Å². The molecule has 1 aliphatic rings. The SMILES string of the molecule is CC/C=C\C/C=C\C/C=C\C/C=C\C/C=C\C/C=C\CCCCCCC(=O)NC(COC1OC(CO)C(O)C(O)C1O)C(O)CCCCCCCCCCCCCCCCCCCCCCCCCCCCCCCC. The lowest BCUT2D eigenvalue weighted by molar-refractivity contribution is -0.302. The minimum Gasteiger partial charge on any atom is -0.394 e. The number of aliphatic hydroxyl groups is 5. The first-order valence-corrected chi connectivity index (χ1v) is 32.1. The van der Waals surface area contributed by atoms with Crippen molar-refractivity contribution in [3.8, 4) is 0 Å². The second kappa shape index (κ2) is 55.9. The van der Waals surface area contributed by atoms with Gasteiger partial charge in [-0.1, -0.05) is 292 Å². The smallest absolute Gasteiger partial charge is 0.220 e. The number of hydrogen-bond donors (Lipinski definition) is 6. The summed E-state index contributed by atoms with van der Waals surface area (Å²) in [7, 11) is 0. The van der Waals surface area contributed by atoms with E-state index in [4.69, 9.17) is 9.47 Å². The van der Waals surface area contributed by atoms with Gasteiger partial charge >= 0.3 is 0 Å². The molecule has 1 aliphatic heterocycles. The Morgan fingerprint density at radius 3 is 1.21 bits per heavy atom. The van der Waals surface area contributed by atoms with Gasteiger partial charge in [-0.05, 0) is 64.2 Å². The number of rotatable bonds is 55. The van der Waals surface area contributed by atoms with E-state index in [1.807, 2.05) is 0 Å². The molecule has 1 fully saturated rings. The van der Waals surface area contributed by atoms with E-state index in [9.17, 15) is 30.3 Å². The molecule has 76 heavy (non-hydrogen) atoms. The zero-order chi connectivity index (χ0) is 55.0. The molecule has 7 unspecified atom stereocenters. The van der Waals surface area contributed by atoms with Gasteiger partial charge in [-0.3, -0.25) is 4.79 Å². The number of carbonyl (C=O) groups is 1. The molecule has 0 aliphatic carbocycles. The van der Waals surface area contributed by atoms with E-state index < -0.39 is 49.5 Å². The summed E-state index contributed by atoms with van der Waals surface area (Å²) in [5.41, 5.74) is 0. The van der Waals surface area contributed by atoms with Crippen LogP contribution in [0.5, 0.6) is 0 Å². The first-order chi connectivity index (χ1) is 37.3. The summed E-state index contributed by atoms with van der Waals surface area (Å²) in [6.45, 7) is 3.74. The van der Waals surface area contributed by atoms with Crippen molar-refractivity contribution in [2.24, 2.45) is 0 Å². The second-order valence-corrected chi connectivity index (χ2v) is 22.2. The number of allylic oxidation sites excluding steroid dienone is 12. The number of carbonyl (C=O) groups excluding carboxylic acids is 1. The zero-order valence-electron chi connectivity index (χ0n) is 49.3. The van der Waals surface area contributed by atoms with Crippen molar-refractivity contribution < 1.29 is 39.8 Å². The minimum absolute atomic E-state index is 0.152. The number of unbranched alkanes of at least 4 members (excludes halogenated alkanes) is 33. The van der Waals surface area contributed by atoms with E-state index in [0.29, 0.717) is 12.8 Å². The first-order valence-electron chi connectivity index (χ1n) is 32.1. The average Bonchev–Trinajstić information content (AvgIpc) is 3.42. The summed E-state index contributed by atoms with van der Waals surface area (Å²) in [5, 5.41) is 54.8. The molecule has 0 aromatic carbocycles. The Kier molecular flexibility index (Phi) is 52.7. The highest BCUT2D eigenvalue weighted by molar-refractivity contribution is 5.76. The van der Waals surface area contributed by atoms with Crippen molar-refractivity contribution in [1.82, 2.24) is 5.32 Å². The molecule has 7 atom stereocenters. The van der Waals surface area contributed by atoms with Crippen molar-refractivity contribution in [3.63, 3.8) is 0 Å². The van der Waals surface area contributed by atoms with Crippen molar-refractivity contribution in [1.29, 1.82) is 0 Å². The van der Waals surface area contributed by atoms with Gasteiger partial charge in [0, 0.05) is 6.42 Å². The molecule has 1 rings (SSSR count). The fourth-order valence-electron chi connectivity index (χ4n) is 10.1. The number of hydrogen-bond acceptors (Lipinski definition) is 8. The van der Waals surface area contributed by atoms with Crippen LogP contribution in [-0.2, 0) is 14.3 Å². The van der Waals surface area contributed by atoms with Crippen LogP contribution in [0.2, 0.25) is 0 Å². The number of nitrogens with one attached hydrogen (secondary N) is 1. The van der Waals surface area contributed by atoms with Crippen LogP contribution in [0, 0.1) is 0 Å². The summed E-state index contributed by atoms with van der Waals surface area (Å²) >= 11 is 0. The molecule has 0 aromatic rings. The summed E-state index contributed by atoms with van der Waals surface area (Å²) in [6.07, 6.45) is 70.9. The Bertz CT molecular complexity index is 1420. The molecule has 0 bridgehead atoms. The van der Waals surface area contributed by atoms with Crippen molar-refractivity contribution >= 4 is 5.91 Å². The third-order valence-electron chi connectivity index (χ3n) is 15.1. The predicted molar refractivity (Wildman–Crippen MR) is 322 cm³/mol. The zero-order valence-corrected chi connectivity index (χ0v) is 49.3. The van der Waals surface area contributed by atoms with Gasteiger partial charge in [0.15, 0.2) is 6.29 Å². The second-order valence-electron chi connectivity index (χ2n) is 22.2. The van der Waals surface area contributed by atoms with Crippen LogP contribution in [0.25, 0.3) is 0 Å². The molecule has 1 saturated heterocycles. The summed E-state index contributed by atoms with van der Waals surface area (Å²) in [6, 6.07) is -0.739. The number of ether oxygens (including phenoxy) is 2. The Balaban J connectivity index is 2.17. The molecule has 1 amide bonds. The Morgan fingerprint density at radius 1 is 0.461 bits per heavy atom. The molecular weight excluding hydrogens is 947 g/mol. The predicted octanol–water partition coefficient (Wildman–Crippen LogP) is 16.8. The molecule has 6 N–H and O–H groups in total. The van der Waals surface area contributed by atoms with Gasteiger partial charge in [0.1, 0.15) is 24.4 Å². The van der Waals surface area contributed by atoms with Crippen LogP contribution in [0.3, 0.4) is 0 Å². The lowest BCUT2D eigenvalue weighted by atomic mass is 9.99. The van der Waals surface area contributed by atoms with E-state index in [0.717, 1.165) is 89.9 Å². The average molecular weight is 1070 g/mol. The van der Waals surface area contributed by atoms with Crippen LogP contribution in [0.1, 0.15) is 290 Å². The van der Waals surface area contributed by atoms with E-state index in [-0.39, 0.29) is 12.5 Å². The van der Waals surface area contributed by atoms with E-state index in [1.54, 1.807) is 0 Å². The molecule has 1 heterocycles. The molecule has 9 nitrogen and oxygen atoms in total. The molecule has 0 saturated carbocycles. The van der Waals surface area contributed by atoms with Crippen LogP contribution < -0.4 is 5.32 Å². The standard InChI is InChI=1S/C67H121NO8/c1-3-5-7-9-11-13-15-17-19-21-23-25-27-28-29-30-31-32-33-35-36-38-40-42-44-46-48-50-52-54-56-61(70)60(59-75-67-66(74)65(73)64(72)62(58-69)76-67)68-63(71)57-55-53-51-49-47-45-43-41-39-37-34-26-24-22-20-18-16-14-12-10-8-6-4-2/h6,8,12,14,18,20,24,26,37,39,43,45,60-62,64-67,69-70,72-74H,3-5,7,9-11,13,15-17,19,21-23,25,27-36,38,40-42,44,46-59H2,1-2H3,(H,68,71)/b8-6-,14-12-,20-18-,26-24-,39-37-,45-43-. The van der Waals surface area contributed by atoms with Crippen LogP contribution in [0.15, 0.2) is 72.9 Å². The van der Waals surface area contributed by atoms with E-state index in [1.165, 1.54) is 173 Å². The highest BCUT2D eigenvalue weighted by atomic mass is 16.7. The summed E-state index contributed by atoms with van der Waals surface area (Å²) in [4.78, 5) is 13.1. The maximum atomic E-state index is 13.1. The van der Waals surface area contributed by atoms with Gasteiger partial charge in [0.05, 0.1) is 25.4 Å². The molecule has 442 valence electrons. The van der Waals surface area contributed by atoms with Crippen LogP contribution >= 0.6 is 0 Å². The molecule has 9 heteroatoms. The highest BCUT2D eigenvalue weighted by Crippen LogP contribution is 2.23. The summed E-state index contributed by atoms with van der Waals surface area (Å²) in [5.74, 6) is -0.167. The normalized spacial score (nSPS) is 19.3. The lowest BCUT2D eigenvalue weighted by Crippen LogP contribution is -2.60. The van der Waals surface area contributed by atoms with Crippen LogP contribution in [-0.4, -0.2) is 87.5 Å². The van der Waals surface area contributed by atoms with Gasteiger partial charge in [0.25, 0.3) is 0 Å². The Labute approximate surface area is 468 Å². The number of amides is 1. The van der Waals surface area contributed by atoms with Crippen molar-refractivity contribution in [2.45, 2.75) is 333 Å². The quantitative estimate of drug-likeness (QED) is 0.0261. The maximum Gasteiger partial charge on any atom is 0.220 e.